The number of halogens is 1. The van der Waals surface area contributed by atoms with E-state index in [4.69, 9.17) is 0 Å². The standard InChI is InChI=1S/C19H20FNO3/c1-12-3-5-14(6-4-12)7-10-17(22)21-18(19(23)24)15-8-9-16(20)13(2)11-15/h3-6,8-9,11,18H,7,10H2,1-2H3,(H,21,22)(H,23,24). The van der Waals surface area contributed by atoms with Crippen LogP contribution in [0.15, 0.2) is 42.5 Å². The monoisotopic (exact) mass is 329 g/mol. The van der Waals surface area contributed by atoms with Gasteiger partial charge >= 0.3 is 5.97 Å². The fourth-order valence-electron chi connectivity index (χ4n) is 2.38. The van der Waals surface area contributed by atoms with Crippen LogP contribution in [0.3, 0.4) is 0 Å². The average molecular weight is 329 g/mol. The minimum atomic E-state index is -1.19. The van der Waals surface area contributed by atoms with Crippen LogP contribution in [0.2, 0.25) is 0 Å². The van der Waals surface area contributed by atoms with Crippen molar-refractivity contribution in [2.24, 2.45) is 0 Å². The molecule has 126 valence electrons. The molecule has 1 unspecified atom stereocenters. The first-order valence-electron chi connectivity index (χ1n) is 7.70. The number of benzene rings is 2. The van der Waals surface area contributed by atoms with Crippen LogP contribution in [-0.2, 0) is 16.0 Å². The van der Waals surface area contributed by atoms with E-state index in [9.17, 15) is 19.1 Å². The molecule has 0 aliphatic rings. The maximum atomic E-state index is 13.3. The van der Waals surface area contributed by atoms with Crippen LogP contribution >= 0.6 is 0 Å². The number of rotatable bonds is 6. The van der Waals surface area contributed by atoms with Crippen LogP contribution in [0.5, 0.6) is 0 Å². The highest BCUT2D eigenvalue weighted by Gasteiger charge is 2.22. The van der Waals surface area contributed by atoms with Crippen molar-refractivity contribution in [2.45, 2.75) is 32.7 Å². The summed E-state index contributed by atoms with van der Waals surface area (Å²) in [5, 5.41) is 11.8. The second-order valence-electron chi connectivity index (χ2n) is 5.83. The van der Waals surface area contributed by atoms with Crippen molar-refractivity contribution in [1.82, 2.24) is 5.32 Å². The molecule has 1 amide bonds. The summed E-state index contributed by atoms with van der Waals surface area (Å²) in [7, 11) is 0. The Morgan fingerprint density at radius 2 is 1.79 bits per heavy atom. The van der Waals surface area contributed by atoms with Gasteiger partial charge in [0.1, 0.15) is 5.82 Å². The molecule has 0 fully saturated rings. The molecule has 2 N–H and O–H groups in total. The molecule has 0 aliphatic carbocycles. The Kier molecular flexibility index (Phi) is 5.68. The number of amides is 1. The van der Waals surface area contributed by atoms with Gasteiger partial charge in [0.2, 0.25) is 5.91 Å². The van der Waals surface area contributed by atoms with Crippen molar-refractivity contribution in [3.8, 4) is 0 Å². The number of hydrogen-bond acceptors (Lipinski definition) is 2. The molecule has 24 heavy (non-hydrogen) atoms. The molecule has 1 atom stereocenters. The Hall–Kier alpha value is -2.69. The Bertz CT molecular complexity index is 741. The van der Waals surface area contributed by atoms with Gasteiger partial charge in [-0.05, 0) is 43.0 Å². The Morgan fingerprint density at radius 1 is 1.12 bits per heavy atom. The quantitative estimate of drug-likeness (QED) is 0.854. The molecule has 0 heterocycles. The van der Waals surface area contributed by atoms with E-state index in [0.717, 1.165) is 11.1 Å². The van der Waals surface area contributed by atoms with Gasteiger partial charge in [-0.2, -0.15) is 0 Å². The number of hydrogen-bond donors (Lipinski definition) is 2. The van der Waals surface area contributed by atoms with E-state index >= 15 is 0 Å². The maximum absolute atomic E-state index is 13.3. The molecule has 4 nitrogen and oxygen atoms in total. The van der Waals surface area contributed by atoms with Crippen LogP contribution in [0.4, 0.5) is 4.39 Å². The van der Waals surface area contributed by atoms with Crippen molar-refractivity contribution < 1.29 is 19.1 Å². The van der Waals surface area contributed by atoms with Gasteiger partial charge < -0.3 is 10.4 Å². The number of carbonyl (C=O) groups is 2. The molecule has 2 aromatic carbocycles. The third-order valence-corrected chi connectivity index (χ3v) is 3.83. The number of carboxylic acids is 1. The lowest BCUT2D eigenvalue weighted by Gasteiger charge is -2.16. The molecule has 2 rings (SSSR count). The minimum Gasteiger partial charge on any atom is -0.479 e. The molecule has 0 bridgehead atoms. The average Bonchev–Trinajstić information content (AvgIpc) is 2.54. The Morgan fingerprint density at radius 3 is 2.38 bits per heavy atom. The van der Waals surface area contributed by atoms with E-state index in [1.807, 2.05) is 31.2 Å². The third kappa shape index (κ3) is 4.65. The van der Waals surface area contributed by atoms with Gasteiger partial charge in [0.15, 0.2) is 6.04 Å². The lowest BCUT2D eigenvalue weighted by Crippen LogP contribution is -2.34. The van der Waals surface area contributed by atoms with Crippen LogP contribution in [-0.4, -0.2) is 17.0 Å². The molecular weight excluding hydrogens is 309 g/mol. The number of carbonyl (C=O) groups excluding carboxylic acids is 1. The largest absolute Gasteiger partial charge is 0.479 e. The predicted octanol–water partition coefficient (Wildman–Crippen LogP) is 3.32. The van der Waals surface area contributed by atoms with Crippen molar-refractivity contribution in [3.05, 3.63) is 70.5 Å². The summed E-state index contributed by atoms with van der Waals surface area (Å²) in [6, 6.07) is 10.7. The molecule has 0 spiro atoms. The molecule has 2 aromatic rings. The lowest BCUT2D eigenvalue weighted by atomic mass is 10.0. The molecule has 0 aliphatic heterocycles. The summed E-state index contributed by atoms with van der Waals surface area (Å²) in [6.07, 6.45) is 0.716. The highest BCUT2D eigenvalue weighted by atomic mass is 19.1. The van der Waals surface area contributed by atoms with Gasteiger partial charge in [-0.3, -0.25) is 4.79 Å². The molecule has 0 radical (unpaired) electrons. The number of carboxylic acid groups (broad SMARTS) is 1. The number of nitrogens with one attached hydrogen (secondary N) is 1. The zero-order valence-electron chi connectivity index (χ0n) is 13.7. The molecule has 5 heteroatoms. The SMILES string of the molecule is Cc1ccc(CCC(=O)NC(C(=O)O)c2ccc(F)c(C)c2)cc1. The Labute approximate surface area is 140 Å². The van der Waals surface area contributed by atoms with Crippen molar-refractivity contribution >= 4 is 11.9 Å². The van der Waals surface area contributed by atoms with Gasteiger partial charge in [-0.1, -0.05) is 42.0 Å². The van der Waals surface area contributed by atoms with Crippen LogP contribution < -0.4 is 5.32 Å². The first kappa shape index (κ1) is 17.7. The van der Waals surface area contributed by atoms with Crippen molar-refractivity contribution in [2.75, 3.05) is 0 Å². The Balaban J connectivity index is 2.01. The van der Waals surface area contributed by atoms with Gasteiger partial charge in [0.05, 0.1) is 0 Å². The molecule has 0 aromatic heterocycles. The van der Waals surface area contributed by atoms with Crippen LogP contribution in [0.1, 0.15) is 34.7 Å². The third-order valence-electron chi connectivity index (χ3n) is 3.83. The fraction of sp³-hybridized carbons (Fsp3) is 0.263. The van der Waals surface area contributed by atoms with Gasteiger partial charge in [0, 0.05) is 6.42 Å². The number of aryl methyl sites for hydroxylation is 3. The van der Waals surface area contributed by atoms with Gasteiger partial charge in [-0.25, -0.2) is 9.18 Å². The normalized spacial score (nSPS) is 11.8. The summed E-state index contributed by atoms with van der Waals surface area (Å²) < 4.78 is 13.3. The highest BCUT2D eigenvalue weighted by Crippen LogP contribution is 2.17. The zero-order valence-corrected chi connectivity index (χ0v) is 13.7. The van der Waals surface area contributed by atoms with E-state index in [1.54, 1.807) is 6.92 Å². The van der Waals surface area contributed by atoms with Crippen LogP contribution in [0.25, 0.3) is 0 Å². The topological polar surface area (TPSA) is 66.4 Å². The van der Waals surface area contributed by atoms with Crippen molar-refractivity contribution in [3.63, 3.8) is 0 Å². The second-order valence-corrected chi connectivity index (χ2v) is 5.83. The molecule has 0 saturated heterocycles. The summed E-state index contributed by atoms with van der Waals surface area (Å²) in [6.45, 7) is 3.54. The first-order chi connectivity index (χ1) is 11.4. The summed E-state index contributed by atoms with van der Waals surface area (Å²) >= 11 is 0. The molecular formula is C19H20FNO3. The predicted molar refractivity (Wildman–Crippen MR) is 89.2 cm³/mol. The van der Waals surface area contributed by atoms with Crippen LogP contribution in [0, 0.1) is 19.7 Å². The molecule has 0 saturated carbocycles. The van der Waals surface area contributed by atoms with E-state index < -0.39 is 17.8 Å². The van der Waals surface area contributed by atoms with E-state index in [1.165, 1.54) is 18.2 Å². The minimum absolute atomic E-state index is 0.188. The van der Waals surface area contributed by atoms with Gasteiger partial charge in [-0.15, -0.1) is 0 Å². The number of aliphatic carboxylic acids is 1. The van der Waals surface area contributed by atoms with E-state index in [-0.39, 0.29) is 12.3 Å². The van der Waals surface area contributed by atoms with E-state index in [2.05, 4.69) is 5.32 Å². The summed E-state index contributed by atoms with van der Waals surface area (Å²) in [5.41, 5.74) is 2.85. The lowest BCUT2D eigenvalue weighted by molar-refractivity contribution is -0.142. The summed E-state index contributed by atoms with van der Waals surface area (Å²) in [5.74, 6) is -1.94. The second kappa shape index (κ2) is 7.73. The highest BCUT2D eigenvalue weighted by molar-refractivity contribution is 5.84. The first-order valence-corrected chi connectivity index (χ1v) is 7.70. The zero-order chi connectivity index (χ0) is 17.7. The fourth-order valence-corrected chi connectivity index (χ4v) is 2.38. The van der Waals surface area contributed by atoms with Gasteiger partial charge in [0.25, 0.3) is 0 Å². The smallest absolute Gasteiger partial charge is 0.330 e. The summed E-state index contributed by atoms with van der Waals surface area (Å²) in [4.78, 5) is 23.5. The van der Waals surface area contributed by atoms with Crippen molar-refractivity contribution in [1.29, 1.82) is 0 Å². The maximum Gasteiger partial charge on any atom is 0.330 e. The van der Waals surface area contributed by atoms with E-state index in [0.29, 0.717) is 17.5 Å².